The van der Waals surface area contributed by atoms with Crippen molar-refractivity contribution >= 4 is 5.78 Å². The van der Waals surface area contributed by atoms with Crippen LogP contribution in [0, 0.1) is 17.8 Å². The van der Waals surface area contributed by atoms with Gasteiger partial charge in [-0.25, -0.2) is 0 Å². The SMILES string of the molecule is CC(CCOC(C(C)C)C(C)C)CCOC(C)(C)C(=O)C(C)(C)OCCCCCCO. The van der Waals surface area contributed by atoms with Gasteiger partial charge in [-0.2, -0.15) is 0 Å². The predicted octanol–water partition coefficient (Wildman–Crippen LogP) is 5.81. The molecule has 0 aromatic carbocycles. The predicted molar refractivity (Wildman–Crippen MR) is 128 cm³/mol. The van der Waals surface area contributed by atoms with Gasteiger partial charge in [-0.15, -0.1) is 0 Å². The van der Waals surface area contributed by atoms with Crippen LogP contribution in [0.5, 0.6) is 0 Å². The second kappa shape index (κ2) is 15.4. The van der Waals surface area contributed by atoms with Crippen LogP contribution in [-0.4, -0.2) is 54.6 Å². The van der Waals surface area contributed by atoms with E-state index in [1.807, 2.05) is 27.7 Å². The molecule has 5 heteroatoms. The molecule has 0 rings (SSSR count). The van der Waals surface area contributed by atoms with Crippen molar-refractivity contribution in [1.82, 2.24) is 0 Å². The molecule has 31 heavy (non-hydrogen) atoms. The van der Waals surface area contributed by atoms with E-state index in [1.165, 1.54) is 0 Å². The van der Waals surface area contributed by atoms with Crippen LogP contribution in [0.4, 0.5) is 0 Å². The average Bonchev–Trinajstić information content (AvgIpc) is 2.66. The van der Waals surface area contributed by atoms with Crippen LogP contribution in [0.25, 0.3) is 0 Å². The van der Waals surface area contributed by atoms with Crippen molar-refractivity contribution in [2.75, 3.05) is 26.4 Å². The molecule has 0 saturated carbocycles. The molecule has 0 heterocycles. The third-order valence-corrected chi connectivity index (χ3v) is 5.92. The number of ketones is 1. The summed E-state index contributed by atoms with van der Waals surface area (Å²) in [6, 6.07) is 0. The number of Topliss-reactive ketones (excluding diaryl/α,β-unsaturated/α-hetero) is 1. The zero-order valence-electron chi connectivity index (χ0n) is 22.0. The van der Waals surface area contributed by atoms with Gasteiger partial charge in [0.25, 0.3) is 0 Å². The van der Waals surface area contributed by atoms with Crippen molar-refractivity contribution in [3.63, 3.8) is 0 Å². The van der Waals surface area contributed by atoms with Crippen LogP contribution < -0.4 is 0 Å². The van der Waals surface area contributed by atoms with E-state index in [4.69, 9.17) is 19.3 Å². The van der Waals surface area contributed by atoms with E-state index >= 15 is 0 Å². The number of carbonyl (C=O) groups is 1. The van der Waals surface area contributed by atoms with Gasteiger partial charge >= 0.3 is 0 Å². The first-order valence-electron chi connectivity index (χ1n) is 12.4. The Bertz CT molecular complexity index is 462. The quantitative estimate of drug-likeness (QED) is 0.255. The van der Waals surface area contributed by atoms with Gasteiger partial charge in [-0.3, -0.25) is 4.79 Å². The molecule has 0 spiro atoms. The summed E-state index contributed by atoms with van der Waals surface area (Å²) in [5.74, 6) is 1.50. The first-order valence-corrected chi connectivity index (χ1v) is 12.4. The van der Waals surface area contributed by atoms with E-state index in [9.17, 15) is 4.79 Å². The average molecular weight is 445 g/mol. The smallest absolute Gasteiger partial charge is 0.195 e. The molecule has 0 aliphatic carbocycles. The van der Waals surface area contributed by atoms with E-state index in [2.05, 4.69) is 34.6 Å². The van der Waals surface area contributed by atoms with E-state index in [0.29, 0.717) is 37.1 Å². The summed E-state index contributed by atoms with van der Waals surface area (Å²) in [5, 5.41) is 8.83. The highest BCUT2D eigenvalue weighted by atomic mass is 16.5. The van der Waals surface area contributed by atoms with Crippen LogP contribution in [0.1, 0.15) is 101 Å². The summed E-state index contributed by atoms with van der Waals surface area (Å²) in [4.78, 5) is 13.0. The number of carbonyl (C=O) groups excluding carboxylic acids is 1. The highest BCUT2D eigenvalue weighted by Gasteiger charge is 2.40. The van der Waals surface area contributed by atoms with Crippen molar-refractivity contribution in [3.05, 3.63) is 0 Å². The third-order valence-electron chi connectivity index (χ3n) is 5.92. The number of aliphatic hydroxyl groups is 1. The molecule has 1 N–H and O–H groups in total. The van der Waals surface area contributed by atoms with Crippen molar-refractivity contribution < 1.29 is 24.1 Å². The fourth-order valence-corrected chi connectivity index (χ4v) is 3.97. The molecular formula is C26H52O5. The fourth-order valence-electron chi connectivity index (χ4n) is 3.97. The van der Waals surface area contributed by atoms with Gasteiger partial charge in [0, 0.05) is 26.4 Å². The van der Waals surface area contributed by atoms with Crippen molar-refractivity contribution in [1.29, 1.82) is 0 Å². The Morgan fingerprint density at radius 3 is 1.74 bits per heavy atom. The number of hydrogen-bond acceptors (Lipinski definition) is 5. The van der Waals surface area contributed by atoms with Crippen molar-refractivity contribution in [3.8, 4) is 0 Å². The molecule has 0 aliphatic rings. The molecule has 0 aliphatic heterocycles. The highest BCUT2D eigenvalue weighted by Crippen LogP contribution is 2.24. The minimum atomic E-state index is -0.878. The van der Waals surface area contributed by atoms with Gasteiger partial charge in [0.2, 0.25) is 0 Å². The van der Waals surface area contributed by atoms with Gasteiger partial charge in [0.1, 0.15) is 11.2 Å². The molecule has 0 fully saturated rings. The summed E-state index contributed by atoms with van der Waals surface area (Å²) in [5.41, 5.74) is -1.75. The maximum atomic E-state index is 13.0. The number of rotatable bonds is 19. The fraction of sp³-hybridized carbons (Fsp3) is 0.962. The number of hydrogen-bond donors (Lipinski definition) is 1. The topological polar surface area (TPSA) is 65.0 Å². The largest absolute Gasteiger partial charge is 0.396 e. The molecule has 0 aromatic rings. The molecule has 0 amide bonds. The highest BCUT2D eigenvalue weighted by molar-refractivity contribution is 5.93. The third kappa shape index (κ3) is 13.0. The van der Waals surface area contributed by atoms with E-state index in [-0.39, 0.29) is 12.4 Å². The van der Waals surface area contributed by atoms with Gasteiger partial charge in [-0.05, 0) is 71.1 Å². The lowest BCUT2D eigenvalue weighted by molar-refractivity contribution is -0.163. The lowest BCUT2D eigenvalue weighted by Gasteiger charge is -2.33. The maximum absolute atomic E-state index is 13.0. The molecule has 1 unspecified atom stereocenters. The Kier molecular flexibility index (Phi) is 15.1. The van der Waals surface area contributed by atoms with Crippen LogP contribution in [0.2, 0.25) is 0 Å². The van der Waals surface area contributed by atoms with Crippen molar-refractivity contribution in [2.24, 2.45) is 17.8 Å². The number of aliphatic hydroxyl groups excluding tert-OH is 1. The van der Waals surface area contributed by atoms with Gasteiger partial charge in [0.15, 0.2) is 5.78 Å². The van der Waals surface area contributed by atoms with Crippen molar-refractivity contribution in [2.45, 2.75) is 118 Å². The minimum absolute atomic E-state index is 0.0250. The Balaban J connectivity index is 4.29. The zero-order valence-corrected chi connectivity index (χ0v) is 22.0. The first kappa shape index (κ1) is 30.5. The van der Waals surface area contributed by atoms with Crippen LogP contribution in [-0.2, 0) is 19.0 Å². The normalized spacial score (nSPS) is 14.1. The molecule has 186 valence electrons. The van der Waals surface area contributed by atoms with E-state index < -0.39 is 11.2 Å². The number of unbranched alkanes of at least 4 members (excludes halogenated alkanes) is 3. The standard InChI is InChI=1S/C26H52O5/c1-20(2)23(21(3)4)29-18-14-22(5)15-19-31-26(8,9)24(28)25(6,7)30-17-13-11-10-12-16-27/h20-23,27H,10-19H2,1-9H3. The lowest BCUT2D eigenvalue weighted by atomic mass is 9.90. The molecule has 0 radical (unpaired) electrons. The zero-order chi connectivity index (χ0) is 24.1. The summed E-state index contributed by atoms with van der Waals surface area (Å²) in [6.45, 7) is 20.5. The van der Waals surface area contributed by atoms with E-state index in [1.54, 1.807) is 0 Å². The molecule has 5 nitrogen and oxygen atoms in total. The Labute approximate surface area is 192 Å². The molecule has 1 atom stereocenters. The first-order chi connectivity index (χ1) is 14.3. The molecule has 0 bridgehead atoms. The molecular weight excluding hydrogens is 392 g/mol. The van der Waals surface area contributed by atoms with Gasteiger partial charge in [-0.1, -0.05) is 47.5 Å². The molecule has 0 aromatic heterocycles. The Morgan fingerprint density at radius 1 is 0.742 bits per heavy atom. The minimum Gasteiger partial charge on any atom is -0.396 e. The summed E-state index contributed by atoms with van der Waals surface area (Å²) >= 11 is 0. The monoisotopic (exact) mass is 444 g/mol. The van der Waals surface area contributed by atoms with Crippen LogP contribution in [0.3, 0.4) is 0 Å². The lowest BCUT2D eigenvalue weighted by Crippen LogP contribution is -2.49. The second-order valence-electron chi connectivity index (χ2n) is 10.7. The van der Waals surface area contributed by atoms with Gasteiger partial charge in [0.05, 0.1) is 6.10 Å². The molecule has 0 saturated heterocycles. The Morgan fingerprint density at radius 2 is 1.23 bits per heavy atom. The van der Waals surface area contributed by atoms with Crippen LogP contribution in [0.15, 0.2) is 0 Å². The van der Waals surface area contributed by atoms with Crippen LogP contribution >= 0.6 is 0 Å². The summed E-state index contributed by atoms with van der Waals surface area (Å²) in [7, 11) is 0. The Hall–Kier alpha value is -0.490. The second-order valence-corrected chi connectivity index (χ2v) is 10.7. The van der Waals surface area contributed by atoms with Gasteiger partial charge < -0.3 is 19.3 Å². The summed E-state index contributed by atoms with van der Waals surface area (Å²) < 4.78 is 18.0. The number of ether oxygens (including phenoxy) is 3. The summed E-state index contributed by atoms with van der Waals surface area (Å²) in [6.07, 6.45) is 5.91. The maximum Gasteiger partial charge on any atom is 0.195 e. The van der Waals surface area contributed by atoms with E-state index in [0.717, 1.165) is 45.1 Å².